The van der Waals surface area contributed by atoms with Crippen LogP contribution in [0.2, 0.25) is 0 Å². The lowest BCUT2D eigenvalue weighted by Gasteiger charge is -2.21. The van der Waals surface area contributed by atoms with Crippen molar-refractivity contribution in [3.05, 3.63) is 48.5 Å². The van der Waals surface area contributed by atoms with E-state index in [2.05, 4.69) is 27.5 Å². The predicted octanol–water partition coefficient (Wildman–Crippen LogP) is 2.87. The SMILES string of the molecule is CNc1ccccc1N(C)C/C=N/N(C)c1ccc(N)cc1. The van der Waals surface area contributed by atoms with Crippen LogP contribution < -0.4 is 21.0 Å². The van der Waals surface area contributed by atoms with E-state index in [1.165, 1.54) is 0 Å². The van der Waals surface area contributed by atoms with Gasteiger partial charge in [0.25, 0.3) is 0 Å². The molecule has 0 fully saturated rings. The monoisotopic (exact) mass is 297 g/mol. The van der Waals surface area contributed by atoms with Crippen LogP contribution in [0.5, 0.6) is 0 Å². The topological polar surface area (TPSA) is 56.9 Å². The molecule has 0 unspecified atom stereocenters. The summed E-state index contributed by atoms with van der Waals surface area (Å²) in [5.41, 5.74) is 9.69. The summed E-state index contributed by atoms with van der Waals surface area (Å²) in [6, 6.07) is 15.8. The summed E-state index contributed by atoms with van der Waals surface area (Å²) in [5.74, 6) is 0. The first-order valence-corrected chi connectivity index (χ1v) is 7.21. The standard InChI is InChI=1S/C17H23N5/c1-19-16-6-4-5-7-17(16)21(2)13-12-20-22(3)15-10-8-14(18)9-11-15/h4-12,19H,13,18H2,1-3H3/b20-12+. The molecular formula is C17H23N5. The molecular weight excluding hydrogens is 274 g/mol. The van der Waals surface area contributed by atoms with Gasteiger partial charge in [0.2, 0.25) is 0 Å². The molecule has 2 aromatic rings. The van der Waals surface area contributed by atoms with Gasteiger partial charge >= 0.3 is 0 Å². The molecule has 22 heavy (non-hydrogen) atoms. The second-order valence-electron chi connectivity index (χ2n) is 5.06. The zero-order valence-corrected chi connectivity index (χ0v) is 13.3. The summed E-state index contributed by atoms with van der Waals surface area (Å²) in [6.07, 6.45) is 1.89. The van der Waals surface area contributed by atoms with Gasteiger partial charge in [-0.1, -0.05) is 12.1 Å². The summed E-state index contributed by atoms with van der Waals surface area (Å²) >= 11 is 0. The molecule has 0 aromatic heterocycles. The van der Waals surface area contributed by atoms with Gasteiger partial charge in [-0.2, -0.15) is 5.10 Å². The van der Waals surface area contributed by atoms with Crippen LogP contribution in [0.1, 0.15) is 0 Å². The average molecular weight is 297 g/mol. The van der Waals surface area contributed by atoms with Gasteiger partial charge in [-0.15, -0.1) is 0 Å². The minimum Gasteiger partial charge on any atom is -0.399 e. The highest BCUT2D eigenvalue weighted by Crippen LogP contribution is 2.23. The zero-order chi connectivity index (χ0) is 15.9. The minimum absolute atomic E-state index is 0.720. The highest BCUT2D eigenvalue weighted by Gasteiger charge is 2.04. The first kappa shape index (κ1) is 15.7. The Hall–Kier alpha value is -2.69. The van der Waals surface area contributed by atoms with Crippen molar-refractivity contribution in [1.29, 1.82) is 0 Å². The molecule has 5 nitrogen and oxygen atoms in total. The fourth-order valence-electron chi connectivity index (χ4n) is 2.15. The largest absolute Gasteiger partial charge is 0.399 e. The summed E-state index contributed by atoms with van der Waals surface area (Å²) in [6.45, 7) is 0.720. The zero-order valence-electron chi connectivity index (χ0n) is 13.3. The first-order chi connectivity index (χ1) is 10.6. The molecule has 0 amide bonds. The summed E-state index contributed by atoms with van der Waals surface area (Å²) in [5, 5.41) is 9.48. The molecule has 0 radical (unpaired) electrons. The smallest absolute Gasteiger partial charge is 0.0602 e. The quantitative estimate of drug-likeness (QED) is 0.489. The summed E-state index contributed by atoms with van der Waals surface area (Å²) in [4.78, 5) is 2.14. The Bertz CT molecular complexity index is 621. The van der Waals surface area contributed by atoms with Crippen molar-refractivity contribution in [3.8, 4) is 0 Å². The normalized spacial score (nSPS) is 10.7. The van der Waals surface area contributed by atoms with E-state index in [-0.39, 0.29) is 0 Å². The number of para-hydroxylation sites is 2. The molecule has 0 aliphatic rings. The number of rotatable bonds is 6. The lowest BCUT2D eigenvalue weighted by Crippen LogP contribution is -2.22. The molecule has 0 aliphatic heterocycles. The summed E-state index contributed by atoms with van der Waals surface area (Å²) in [7, 11) is 5.89. The molecule has 0 aliphatic carbocycles. The first-order valence-electron chi connectivity index (χ1n) is 7.21. The van der Waals surface area contributed by atoms with E-state index < -0.39 is 0 Å². The molecule has 116 valence electrons. The Morgan fingerprint density at radius 1 is 1.09 bits per heavy atom. The van der Waals surface area contributed by atoms with Crippen LogP contribution >= 0.6 is 0 Å². The molecule has 0 bridgehead atoms. The molecule has 0 atom stereocenters. The number of anilines is 4. The fourth-order valence-corrected chi connectivity index (χ4v) is 2.15. The number of hydrogen-bond acceptors (Lipinski definition) is 5. The van der Waals surface area contributed by atoms with Crippen LogP contribution in [0.25, 0.3) is 0 Å². The van der Waals surface area contributed by atoms with Crippen molar-refractivity contribution in [2.24, 2.45) is 5.10 Å². The van der Waals surface area contributed by atoms with Crippen LogP contribution in [0.4, 0.5) is 22.7 Å². The second kappa shape index (κ2) is 7.36. The van der Waals surface area contributed by atoms with Gasteiger partial charge in [0.1, 0.15) is 0 Å². The fraction of sp³-hybridized carbons (Fsp3) is 0.235. The van der Waals surface area contributed by atoms with E-state index in [1.54, 1.807) is 0 Å². The highest BCUT2D eigenvalue weighted by atomic mass is 15.4. The average Bonchev–Trinajstić information content (AvgIpc) is 2.55. The van der Waals surface area contributed by atoms with Crippen molar-refractivity contribution in [2.45, 2.75) is 0 Å². The minimum atomic E-state index is 0.720. The molecule has 3 N–H and O–H groups in total. The molecule has 2 aromatic carbocycles. The van der Waals surface area contributed by atoms with Gasteiger partial charge in [-0.3, -0.25) is 5.01 Å². The molecule has 0 saturated carbocycles. The maximum Gasteiger partial charge on any atom is 0.0602 e. The lowest BCUT2D eigenvalue weighted by molar-refractivity contribution is 1.00. The van der Waals surface area contributed by atoms with E-state index in [4.69, 9.17) is 5.73 Å². The molecule has 0 heterocycles. The van der Waals surface area contributed by atoms with Crippen LogP contribution in [0, 0.1) is 0 Å². The Labute approximate surface area is 132 Å². The Kier molecular flexibility index (Phi) is 5.25. The maximum absolute atomic E-state index is 5.69. The van der Waals surface area contributed by atoms with Gasteiger partial charge in [-0.25, -0.2) is 0 Å². The van der Waals surface area contributed by atoms with Crippen LogP contribution in [0.3, 0.4) is 0 Å². The highest BCUT2D eigenvalue weighted by molar-refractivity contribution is 5.74. The third-order valence-electron chi connectivity index (χ3n) is 3.46. The van der Waals surface area contributed by atoms with Gasteiger partial charge in [-0.05, 0) is 36.4 Å². The lowest BCUT2D eigenvalue weighted by atomic mass is 10.2. The van der Waals surface area contributed by atoms with Gasteiger partial charge in [0.05, 0.1) is 23.6 Å². The van der Waals surface area contributed by atoms with Crippen molar-refractivity contribution >= 4 is 29.0 Å². The van der Waals surface area contributed by atoms with E-state index in [9.17, 15) is 0 Å². The number of hydrazone groups is 1. The van der Waals surface area contributed by atoms with Gasteiger partial charge in [0, 0.05) is 33.0 Å². The third-order valence-corrected chi connectivity index (χ3v) is 3.46. The number of nitrogens with zero attached hydrogens (tertiary/aromatic N) is 3. The van der Waals surface area contributed by atoms with Crippen LogP contribution in [-0.2, 0) is 0 Å². The molecule has 0 spiro atoms. The number of benzene rings is 2. The van der Waals surface area contributed by atoms with Crippen molar-refractivity contribution in [3.63, 3.8) is 0 Å². The second-order valence-corrected chi connectivity index (χ2v) is 5.06. The Morgan fingerprint density at radius 3 is 2.45 bits per heavy atom. The number of nitrogens with one attached hydrogen (secondary N) is 1. The number of nitrogens with two attached hydrogens (primary N) is 1. The maximum atomic E-state index is 5.69. The Balaban J connectivity index is 1.98. The third kappa shape index (κ3) is 3.91. The van der Waals surface area contributed by atoms with E-state index in [0.29, 0.717) is 0 Å². The predicted molar refractivity (Wildman–Crippen MR) is 97.0 cm³/mol. The van der Waals surface area contributed by atoms with Crippen LogP contribution in [-0.4, -0.2) is 33.9 Å². The van der Waals surface area contributed by atoms with E-state index >= 15 is 0 Å². The van der Waals surface area contributed by atoms with Crippen molar-refractivity contribution < 1.29 is 0 Å². The van der Waals surface area contributed by atoms with Gasteiger partial charge in [0.15, 0.2) is 0 Å². The molecule has 0 saturated heterocycles. The van der Waals surface area contributed by atoms with Crippen LogP contribution in [0.15, 0.2) is 53.6 Å². The molecule has 2 rings (SSSR count). The number of hydrogen-bond donors (Lipinski definition) is 2. The molecule has 5 heteroatoms. The van der Waals surface area contributed by atoms with Crippen molar-refractivity contribution in [1.82, 2.24) is 0 Å². The van der Waals surface area contributed by atoms with E-state index in [0.717, 1.165) is 29.3 Å². The number of nitrogen functional groups attached to an aromatic ring is 1. The van der Waals surface area contributed by atoms with E-state index in [1.807, 2.05) is 68.8 Å². The summed E-state index contributed by atoms with van der Waals surface area (Å²) < 4.78 is 0. The Morgan fingerprint density at radius 2 is 1.77 bits per heavy atom. The van der Waals surface area contributed by atoms with Gasteiger partial charge < -0.3 is 16.0 Å². The van der Waals surface area contributed by atoms with Crippen molar-refractivity contribution in [2.75, 3.05) is 48.6 Å².